The zero-order chi connectivity index (χ0) is 20.6. The summed E-state index contributed by atoms with van der Waals surface area (Å²) in [6.07, 6.45) is -5.03. The van der Waals surface area contributed by atoms with E-state index >= 15 is 0 Å². The fourth-order valence-corrected chi connectivity index (χ4v) is 3.57. The first-order valence-electron chi connectivity index (χ1n) is 6.87. The van der Waals surface area contributed by atoms with E-state index in [9.17, 15) is 30.8 Å². The zero-order valence-electron chi connectivity index (χ0n) is 13.3. The van der Waals surface area contributed by atoms with Crippen LogP contribution in [0.2, 0.25) is 5.02 Å². The predicted octanol–water partition coefficient (Wildman–Crippen LogP) is 4.01. The molecule has 2 N–H and O–H groups in total. The Kier molecular flexibility index (Phi) is 5.57. The van der Waals surface area contributed by atoms with Crippen LogP contribution in [0.15, 0.2) is 35.2 Å². The van der Waals surface area contributed by atoms with E-state index in [0.29, 0.717) is 24.3 Å². The Bertz CT molecular complexity index is 1010. The van der Waals surface area contributed by atoms with Gasteiger partial charge in [0.2, 0.25) is 0 Å². The SMILES string of the molecule is COc1cc(C(=O)O)c(F)cc1NS(=O)(=O)c1ccc(Cl)cc1C(F)(F)F. The van der Waals surface area contributed by atoms with Crippen molar-refractivity contribution in [2.24, 2.45) is 0 Å². The monoisotopic (exact) mass is 427 g/mol. The molecular weight excluding hydrogens is 418 g/mol. The lowest BCUT2D eigenvalue weighted by atomic mass is 10.2. The van der Waals surface area contributed by atoms with Crippen molar-refractivity contribution in [2.45, 2.75) is 11.1 Å². The molecule has 0 unspecified atom stereocenters. The van der Waals surface area contributed by atoms with Gasteiger partial charge >= 0.3 is 12.1 Å². The summed E-state index contributed by atoms with van der Waals surface area (Å²) in [6.45, 7) is 0. The molecule has 0 radical (unpaired) electrons. The van der Waals surface area contributed by atoms with Gasteiger partial charge in [-0.05, 0) is 24.3 Å². The van der Waals surface area contributed by atoms with Crippen molar-refractivity contribution < 1.29 is 40.6 Å². The second-order valence-corrected chi connectivity index (χ2v) is 7.17. The molecule has 0 bridgehead atoms. The van der Waals surface area contributed by atoms with Gasteiger partial charge in [0.1, 0.15) is 11.6 Å². The number of alkyl halides is 3. The highest BCUT2D eigenvalue weighted by Gasteiger charge is 2.37. The number of carboxylic acid groups (broad SMARTS) is 1. The second-order valence-electron chi connectivity index (χ2n) is 5.08. The van der Waals surface area contributed by atoms with Crippen LogP contribution >= 0.6 is 11.6 Å². The molecule has 0 heterocycles. The number of anilines is 1. The van der Waals surface area contributed by atoms with Crippen LogP contribution in [0.3, 0.4) is 0 Å². The van der Waals surface area contributed by atoms with Crippen molar-refractivity contribution >= 4 is 33.3 Å². The summed E-state index contributed by atoms with van der Waals surface area (Å²) in [5, 5.41) is 8.53. The molecule has 27 heavy (non-hydrogen) atoms. The molecule has 0 saturated carbocycles. The Morgan fingerprint density at radius 2 is 1.85 bits per heavy atom. The number of carboxylic acids is 1. The summed E-state index contributed by atoms with van der Waals surface area (Å²) in [7, 11) is -3.81. The molecule has 0 atom stereocenters. The van der Waals surface area contributed by atoms with Crippen molar-refractivity contribution in [1.29, 1.82) is 0 Å². The Morgan fingerprint density at radius 3 is 2.37 bits per heavy atom. The fourth-order valence-electron chi connectivity index (χ4n) is 2.12. The van der Waals surface area contributed by atoms with Crippen LogP contribution in [0.5, 0.6) is 5.75 Å². The van der Waals surface area contributed by atoms with Crippen molar-refractivity contribution in [3.05, 3.63) is 52.3 Å². The molecular formula is C15H10ClF4NO5S. The van der Waals surface area contributed by atoms with Crippen LogP contribution in [0.25, 0.3) is 0 Å². The standard InChI is InChI=1S/C15H10ClF4NO5S/c1-26-12-5-8(14(22)23)10(17)6-11(12)21-27(24,25)13-3-2-7(16)4-9(13)15(18,19)20/h2-6,21H,1H3,(H,22,23). The van der Waals surface area contributed by atoms with Gasteiger partial charge in [0.15, 0.2) is 0 Å². The highest BCUT2D eigenvalue weighted by atomic mass is 35.5. The Balaban J connectivity index is 2.59. The first-order valence-corrected chi connectivity index (χ1v) is 8.73. The summed E-state index contributed by atoms with van der Waals surface area (Å²) >= 11 is 5.51. The smallest absolute Gasteiger partial charge is 0.417 e. The maximum atomic E-state index is 13.8. The van der Waals surface area contributed by atoms with Crippen molar-refractivity contribution in [3.63, 3.8) is 0 Å². The summed E-state index contributed by atoms with van der Waals surface area (Å²) in [6, 6.07) is 3.20. The molecule has 2 aromatic carbocycles. The van der Waals surface area contributed by atoms with E-state index in [-0.39, 0.29) is 5.02 Å². The Hall–Kier alpha value is -2.53. The fraction of sp³-hybridized carbons (Fsp3) is 0.133. The van der Waals surface area contributed by atoms with Crippen molar-refractivity contribution in [3.8, 4) is 5.75 Å². The maximum absolute atomic E-state index is 13.8. The topological polar surface area (TPSA) is 92.7 Å². The molecule has 0 aliphatic heterocycles. The summed E-state index contributed by atoms with van der Waals surface area (Å²) in [5.41, 5.74) is -2.91. The highest BCUT2D eigenvalue weighted by Crippen LogP contribution is 2.37. The van der Waals surface area contributed by atoms with E-state index in [1.165, 1.54) is 0 Å². The average Bonchev–Trinajstić information content (AvgIpc) is 2.53. The molecule has 0 amide bonds. The Morgan fingerprint density at radius 1 is 1.22 bits per heavy atom. The summed E-state index contributed by atoms with van der Waals surface area (Å²) < 4.78 is 84.7. The number of hydrogen-bond acceptors (Lipinski definition) is 4. The largest absolute Gasteiger partial charge is 0.495 e. The molecule has 0 aliphatic carbocycles. The molecule has 2 aromatic rings. The van der Waals surface area contributed by atoms with E-state index < -0.39 is 55.4 Å². The van der Waals surface area contributed by atoms with Crippen LogP contribution in [0, 0.1) is 5.82 Å². The number of halogens is 5. The second kappa shape index (κ2) is 7.24. The lowest BCUT2D eigenvalue weighted by molar-refractivity contribution is -0.139. The average molecular weight is 428 g/mol. The van der Waals surface area contributed by atoms with Gasteiger partial charge in [0.25, 0.3) is 10.0 Å². The number of ether oxygens (including phenoxy) is 1. The van der Waals surface area contributed by atoms with E-state index in [1.54, 1.807) is 4.72 Å². The lowest BCUT2D eigenvalue weighted by Gasteiger charge is -2.16. The molecule has 0 aliphatic rings. The van der Waals surface area contributed by atoms with Crippen LogP contribution < -0.4 is 9.46 Å². The Labute approximate surface area is 155 Å². The molecule has 0 aromatic heterocycles. The van der Waals surface area contributed by atoms with Gasteiger partial charge in [-0.2, -0.15) is 13.2 Å². The van der Waals surface area contributed by atoms with E-state index in [2.05, 4.69) is 0 Å². The quantitative estimate of drug-likeness (QED) is 0.703. The minimum atomic E-state index is -5.03. The molecule has 0 saturated heterocycles. The third-order valence-corrected chi connectivity index (χ3v) is 4.96. The predicted molar refractivity (Wildman–Crippen MR) is 87.2 cm³/mol. The number of rotatable bonds is 5. The number of benzene rings is 2. The molecule has 146 valence electrons. The first-order chi connectivity index (χ1) is 12.4. The van der Waals surface area contributed by atoms with Crippen LogP contribution in [-0.4, -0.2) is 26.6 Å². The van der Waals surface area contributed by atoms with E-state index in [1.807, 2.05) is 0 Å². The van der Waals surface area contributed by atoms with Gasteiger partial charge < -0.3 is 9.84 Å². The summed E-state index contributed by atoms with van der Waals surface area (Å²) in [5.74, 6) is -3.36. The number of methoxy groups -OCH3 is 1. The number of aromatic carboxylic acids is 1. The summed E-state index contributed by atoms with van der Waals surface area (Å²) in [4.78, 5) is 9.77. The van der Waals surface area contributed by atoms with E-state index in [4.69, 9.17) is 21.4 Å². The number of hydrogen-bond donors (Lipinski definition) is 2. The number of sulfonamides is 1. The van der Waals surface area contributed by atoms with Crippen molar-refractivity contribution in [1.82, 2.24) is 0 Å². The first kappa shape index (κ1) is 20.8. The maximum Gasteiger partial charge on any atom is 0.417 e. The van der Waals surface area contributed by atoms with Gasteiger partial charge in [-0.3, -0.25) is 4.72 Å². The zero-order valence-corrected chi connectivity index (χ0v) is 14.8. The highest BCUT2D eigenvalue weighted by molar-refractivity contribution is 7.92. The van der Waals surface area contributed by atoms with Gasteiger partial charge in [0, 0.05) is 11.1 Å². The molecule has 12 heteroatoms. The van der Waals surface area contributed by atoms with Crippen molar-refractivity contribution in [2.75, 3.05) is 11.8 Å². The lowest BCUT2D eigenvalue weighted by Crippen LogP contribution is -2.19. The molecule has 6 nitrogen and oxygen atoms in total. The van der Waals surface area contributed by atoms with Gasteiger partial charge in [-0.25, -0.2) is 17.6 Å². The molecule has 0 spiro atoms. The minimum Gasteiger partial charge on any atom is -0.495 e. The normalized spacial score (nSPS) is 11.9. The van der Waals surface area contributed by atoms with Gasteiger partial charge in [0.05, 0.1) is 28.8 Å². The number of carbonyl (C=O) groups is 1. The van der Waals surface area contributed by atoms with Crippen LogP contribution in [0.4, 0.5) is 23.2 Å². The number of nitrogens with one attached hydrogen (secondary N) is 1. The van der Waals surface area contributed by atoms with Gasteiger partial charge in [-0.1, -0.05) is 11.6 Å². The van der Waals surface area contributed by atoms with Crippen LogP contribution in [0.1, 0.15) is 15.9 Å². The van der Waals surface area contributed by atoms with Crippen LogP contribution in [-0.2, 0) is 16.2 Å². The minimum absolute atomic E-state index is 0.337. The molecule has 2 rings (SSSR count). The van der Waals surface area contributed by atoms with E-state index in [0.717, 1.165) is 13.2 Å². The molecule has 0 fully saturated rings. The van der Waals surface area contributed by atoms with Gasteiger partial charge in [-0.15, -0.1) is 0 Å². The third-order valence-electron chi connectivity index (χ3n) is 3.30. The third kappa shape index (κ3) is 4.42.